The Morgan fingerprint density at radius 2 is 1.89 bits per heavy atom. The van der Waals surface area contributed by atoms with Crippen molar-refractivity contribution in [3.63, 3.8) is 0 Å². The molecule has 1 N–H and O–H groups in total. The Kier molecular flexibility index (Phi) is 5.08. The standard InChI is InChI=1S/C21H18N2O4S/c24-19(13-27-21(26)18-12-14-6-1-4-9-17(14)28-18)22-15-7-2-3-8-16(15)23-11-5-10-20(23)25/h1-4,6-9,12H,5,10-11,13H2,(H,22,24). The minimum atomic E-state index is -0.528. The minimum Gasteiger partial charge on any atom is -0.451 e. The molecule has 0 spiro atoms. The molecule has 142 valence electrons. The summed E-state index contributed by atoms with van der Waals surface area (Å²) in [6.45, 7) is 0.238. The van der Waals surface area contributed by atoms with E-state index in [4.69, 9.17) is 4.74 Å². The second-order valence-electron chi connectivity index (χ2n) is 6.44. The number of benzene rings is 2. The van der Waals surface area contributed by atoms with Crippen LogP contribution in [0.4, 0.5) is 11.4 Å². The molecule has 0 bridgehead atoms. The van der Waals surface area contributed by atoms with Crippen molar-refractivity contribution in [1.82, 2.24) is 0 Å². The van der Waals surface area contributed by atoms with Gasteiger partial charge in [0.1, 0.15) is 4.88 Å². The van der Waals surface area contributed by atoms with Crippen LogP contribution in [0.25, 0.3) is 10.1 Å². The van der Waals surface area contributed by atoms with Gasteiger partial charge in [0, 0.05) is 17.7 Å². The summed E-state index contributed by atoms with van der Waals surface area (Å²) in [6, 6.07) is 16.5. The van der Waals surface area contributed by atoms with Gasteiger partial charge in [0.05, 0.1) is 11.4 Å². The van der Waals surface area contributed by atoms with E-state index in [-0.39, 0.29) is 5.91 Å². The van der Waals surface area contributed by atoms with Crippen molar-refractivity contribution in [2.24, 2.45) is 0 Å². The number of nitrogens with zero attached hydrogens (tertiary/aromatic N) is 1. The summed E-state index contributed by atoms with van der Waals surface area (Å²) in [5.41, 5.74) is 1.19. The third-order valence-electron chi connectivity index (χ3n) is 4.50. The zero-order chi connectivity index (χ0) is 19.5. The molecule has 1 fully saturated rings. The van der Waals surface area contributed by atoms with Gasteiger partial charge in [-0.25, -0.2) is 4.79 Å². The molecule has 4 rings (SSSR count). The zero-order valence-electron chi connectivity index (χ0n) is 15.0. The molecule has 0 atom stereocenters. The molecule has 2 amide bonds. The summed E-state index contributed by atoms with van der Waals surface area (Å²) in [5, 5.41) is 3.70. The molecular weight excluding hydrogens is 376 g/mol. The molecule has 0 radical (unpaired) electrons. The van der Waals surface area contributed by atoms with Gasteiger partial charge in [-0.15, -0.1) is 11.3 Å². The maximum Gasteiger partial charge on any atom is 0.348 e. The van der Waals surface area contributed by atoms with Gasteiger partial charge in [0.15, 0.2) is 6.61 Å². The van der Waals surface area contributed by atoms with Crippen LogP contribution in [0.15, 0.2) is 54.6 Å². The number of para-hydroxylation sites is 2. The minimum absolute atomic E-state index is 0.0397. The monoisotopic (exact) mass is 394 g/mol. The highest BCUT2D eigenvalue weighted by atomic mass is 32.1. The number of ether oxygens (including phenoxy) is 1. The lowest BCUT2D eigenvalue weighted by atomic mass is 10.2. The number of esters is 1. The number of thiophene rings is 1. The highest BCUT2D eigenvalue weighted by Gasteiger charge is 2.24. The summed E-state index contributed by atoms with van der Waals surface area (Å²) in [4.78, 5) is 38.7. The number of nitrogens with one attached hydrogen (secondary N) is 1. The number of hydrogen-bond donors (Lipinski definition) is 1. The lowest BCUT2D eigenvalue weighted by molar-refractivity contribution is -0.119. The molecule has 7 heteroatoms. The molecule has 3 aromatic rings. The van der Waals surface area contributed by atoms with Gasteiger partial charge in [0.25, 0.3) is 5.91 Å². The normalized spacial score (nSPS) is 13.7. The maximum atomic E-state index is 12.3. The molecule has 6 nitrogen and oxygen atoms in total. The summed E-state index contributed by atoms with van der Waals surface area (Å²) in [7, 11) is 0. The molecule has 1 saturated heterocycles. The Labute approximate surface area is 165 Å². The van der Waals surface area contributed by atoms with Crippen molar-refractivity contribution in [1.29, 1.82) is 0 Å². The van der Waals surface area contributed by atoms with Gasteiger partial charge in [-0.1, -0.05) is 30.3 Å². The first-order chi connectivity index (χ1) is 13.6. The number of rotatable bonds is 5. The molecule has 0 unspecified atom stereocenters. The summed E-state index contributed by atoms with van der Waals surface area (Å²) in [6.07, 6.45) is 1.31. The molecule has 0 saturated carbocycles. The first-order valence-electron chi connectivity index (χ1n) is 8.97. The van der Waals surface area contributed by atoms with Gasteiger partial charge in [-0.05, 0) is 36.1 Å². The van der Waals surface area contributed by atoms with Gasteiger partial charge >= 0.3 is 5.97 Å². The van der Waals surface area contributed by atoms with Crippen LogP contribution in [0.3, 0.4) is 0 Å². The van der Waals surface area contributed by atoms with Crippen molar-refractivity contribution < 1.29 is 19.1 Å². The lowest BCUT2D eigenvalue weighted by Crippen LogP contribution is -2.26. The van der Waals surface area contributed by atoms with E-state index in [2.05, 4.69) is 5.32 Å². The fourth-order valence-electron chi connectivity index (χ4n) is 3.19. The molecule has 2 heterocycles. The number of fused-ring (bicyclic) bond motifs is 1. The van der Waals surface area contributed by atoms with Crippen LogP contribution in [-0.2, 0) is 14.3 Å². The Bertz CT molecular complexity index is 1030. The molecule has 0 aliphatic carbocycles. The van der Waals surface area contributed by atoms with Crippen LogP contribution >= 0.6 is 11.3 Å². The van der Waals surface area contributed by atoms with Crippen molar-refractivity contribution in [3.05, 3.63) is 59.5 Å². The SMILES string of the molecule is O=C(COC(=O)c1cc2ccccc2s1)Nc1ccccc1N1CCCC1=O. The molecule has 1 aliphatic rings. The molecule has 1 aromatic heterocycles. The Balaban J connectivity index is 1.40. The predicted octanol–water partition coefficient (Wildman–Crippen LogP) is 3.82. The van der Waals surface area contributed by atoms with E-state index >= 15 is 0 Å². The smallest absolute Gasteiger partial charge is 0.348 e. The Morgan fingerprint density at radius 3 is 2.68 bits per heavy atom. The van der Waals surface area contributed by atoms with Gasteiger partial charge in [-0.3, -0.25) is 9.59 Å². The Hall–Kier alpha value is -3.19. The number of amides is 2. The van der Waals surface area contributed by atoms with Gasteiger partial charge < -0.3 is 15.0 Å². The van der Waals surface area contributed by atoms with Crippen molar-refractivity contribution in [2.45, 2.75) is 12.8 Å². The topological polar surface area (TPSA) is 75.7 Å². The highest BCUT2D eigenvalue weighted by molar-refractivity contribution is 7.20. The van der Waals surface area contributed by atoms with Crippen LogP contribution in [0.5, 0.6) is 0 Å². The fraction of sp³-hybridized carbons (Fsp3) is 0.190. The van der Waals surface area contributed by atoms with E-state index in [1.54, 1.807) is 29.2 Å². The predicted molar refractivity (Wildman–Crippen MR) is 109 cm³/mol. The first-order valence-corrected chi connectivity index (χ1v) is 9.78. The number of hydrogen-bond acceptors (Lipinski definition) is 5. The fourth-order valence-corrected chi connectivity index (χ4v) is 4.15. The van der Waals surface area contributed by atoms with Crippen LogP contribution in [0.1, 0.15) is 22.5 Å². The average molecular weight is 394 g/mol. The maximum absolute atomic E-state index is 12.3. The summed E-state index contributed by atoms with van der Waals surface area (Å²) < 4.78 is 6.15. The van der Waals surface area contributed by atoms with Crippen LogP contribution < -0.4 is 10.2 Å². The van der Waals surface area contributed by atoms with Gasteiger partial charge in [0.2, 0.25) is 5.91 Å². The molecule has 1 aliphatic heterocycles. The number of anilines is 2. The van der Waals surface area contributed by atoms with Crippen LogP contribution in [0.2, 0.25) is 0 Å². The van der Waals surface area contributed by atoms with E-state index in [9.17, 15) is 14.4 Å². The number of carbonyl (C=O) groups is 3. The quantitative estimate of drug-likeness (QED) is 0.668. The third kappa shape index (κ3) is 3.75. The second-order valence-corrected chi connectivity index (χ2v) is 7.52. The molecule has 28 heavy (non-hydrogen) atoms. The lowest BCUT2D eigenvalue weighted by Gasteiger charge is -2.19. The number of carbonyl (C=O) groups excluding carboxylic acids is 3. The van der Waals surface area contributed by atoms with E-state index < -0.39 is 18.5 Å². The van der Waals surface area contributed by atoms with E-state index in [0.717, 1.165) is 16.5 Å². The van der Waals surface area contributed by atoms with Crippen LogP contribution in [0, 0.1) is 0 Å². The second kappa shape index (κ2) is 7.82. The average Bonchev–Trinajstić information content (AvgIpc) is 3.32. The van der Waals surface area contributed by atoms with Crippen molar-refractivity contribution >= 4 is 50.6 Å². The highest BCUT2D eigenvalue weighted by Crippen LogP contribution is 2.29. The zero-order valence-corrected chi connectivity index (χ0v) is 15.8. The van der Waals surface area contributed by atoms with Crippen molar-refractivity contribution in [3.8, 4) is 0 Å². The summed E-state index contributed by atoms with van der Waals surface area (Å²) in [5.74, 6) is -0.939. The molecule has 2 aromatic carbocycles. The van der Waals surface area contributed by atoms with Crippen molar-refractivity contribution in [2.75, 3.05) is 23.4 Å². The van der Waals surface area contributed by atoms with E-state index in [1.165, 1.54) is 11.3 Å². The molecular formula is C21H18N2O4S. The largest absolute Gasteiger partial charge is 0.451 e. The Morgan fingerprint density at radius 1 is 1.11 bits per heavy atom. The third-order valence-corrected chi connectivity index (χ3v) is 5.60. The van der Waals surface area contributed by atoms with Gasteiger partial charge in [-0.2, -0.15) is 0 Å². The summed E-state index contributed by atoms with van der Waals surface area (Å²) >= 11 is 1.33. The van der Waals surface area contributed by atoms with E-state index in [1.807, 2.05) is 30.3 Å². The first kappa shape index (κ1) is 18.2. The van der Waals surface area contributed by atoms with Crippen LogP contribution in [-0.4, -0.2) is 30.9 Å². The van der Waals surface area contributed by atoms with E-state index in [0.29, 0.717) is 29.2 Å².